The minimum atomic E-state index is -2.45. The van der Waals surface area contributed by atoms with Gasteiger partial charge in [-0.2, -0.15) is 4.98 Å². The third-order valence-corrected chi connectivity index (χ3v) is 6.85. The standard InChI is InChI=1S/C25H29F2N7O/c1-14-30-20-9-6-16(10-21(20)34(14)13-22(26)27)18-11-28-23-19(18)12-29-25(32-23)31-17-7-4-15(5-8-17)24(35)33(2)3/h6,9-12,15,17,22H,4-5,7-8,13H2,1-3H3,(H2,28,29,31,32)/t15-,17+. The molecule has 5 rings (SSSR count). The van der Waals surface area contributed by atoms with Gasteiger partial charge in [0.15, 0.2) is 0 Å². The van der Waals surface area contributed by atoms with E-state index in [-0.39, 0.29) is 24.4 Å². The van der Waals surface area contributed by atoms with Crippen molar-refractivity contribution < 1.29 is 13.6 Å². The molecule has 0 bridgehead atoms. The average Bonchev–Trinajstić information content (AvgIpc) is 3.39. The highest BCUT2D eigenvalue weighted by Crippen LogP contribution is 2.32. The number of alkyl halides is 2. The van der Waals surface area contributed by atoms with Crippen molar-refractivity contribution in [3.05, 3.63) is 36.4 Å². The summed E-state index contributed by atoms with van der Waals surface area (Å²) in [6.45, 7) is 1.35. The van der Waals surface area contributed by atoms with Crippen LogP contribution in [0.15, 0.2) is 30.6 Å². The van der Waals surface area contributed by atoms with Gasteiger partial charge >= 0.3 is 0 Å². The number of aryl methyl sites for hydroxylation is 1. The largest absolute Gasteiger partial charge is 0.351 e. The molecule has 35 heavy (non-hydrogen) atoms. The third kappa shape index (κ3) is 4.56. The summed E-state index contributed by atoms with van der Waals surface area (Å²) in [7, 11) is 3.61. The van der Waals surface area contributed by atoms with Crippen LogP contribution >= 0.6 is 0 Å². The van der Waals surface area contributed by atoms with Crippen LogP contribution in [0.1, 0.15) is 31.5 Å². The van der Waals surface area contributed by atoms with E-state index in [2.05, 4.69) is 25.3 Å². The zero-order chi connectivity index (χ0) is 24.7. The minimum absolute atomic E-state index is 0.0931. The summed E-state index contributed by atoms with van der Waals surface area (Å²) in [5.41, 5.74) is 3.85. The number of nitrogens with zero attached hydrogens (tertiary/aromatic N) is 5. The zero-order valence-corrected chi connectivity index (χ0v) is 20.1. The van der Waals surface area contributed by atoms with Crippen LogP contribution in [0.25, 0.3) is 33.2 Å². The van der Waals surface area contributed by atoms with Gasteiger partial charge in [0.05, 0.1) is 17.6 Å². The van der Waals surface area contributed by atoms with Crippen molar-refractivity contribution >= 4 is 33.9 Å². The predicted molar refractivity (Wildman–Crippen MR) is 131 cm³/mol. The first kappa shape index (κ1) is 23.2. The number of rotatable bonds is 6. The van der Waals surface area contributed by atoms with Crippen LogP contribution in [0.3, 0.4) is 0 Å². The molecular formula is C25H29F2N7O. The molecule has 2 N–H and O–H groups in total. The molecule has 0 radical (unpaired) electrons. The summed E-state index contributed by atoms with van der Waals surface area (Å²) >= 11 is 0. The van der Waals surface area contributed by atoms with Gasteiger partial charge in [0, 0.05) is 49.4 Å². The van der Waals surface area contributed by atoms with Crippen LogP contribution < -0.4 is 5.32 Å². The number of halogens is 2. The molecule has 1 aliphatic carbocycles. The molecule has 184 valence electrons. The van der Waals surface area contributed by atoms with E-state index in [0.29, 0.717) is 28.5 Å². The molecule has 3 heterocycles. The molecule has 10 heteroatoms. The van der Waals surface area contributed by atoms with Crippen molar-refractivity contribution in [2.75, 3.05) is 19.4 Å². The van der Waals surface area contributed by atoms with Gasteiger partial charge < -0.3 is 19.8 Å². The van der Waals surface area contributed by atoms with Crippen LogP contribution in [0, 0.1) is 12.8 Å². The van der Waals surface area contributed by atoms with Crippen molar-refractivity contribution in [2.45, 2.75) is 51.6 Å². The Balaban J connectivity index is 1.35. The summed E-state index contributed by atoms with van der Waals surface area (Å²) < 4.78 is 27.7. The van der Waals surface area contributed by atoms with Gasteiger partial charge in [-0.05, 0) is 50.3 Å². The third-order valence-electron chi connectivity index (χ3n) is 6.85. The zero-order valence-electron chi connectivity index (χ0n) is 20.1. The van der Waals surface area contributed by atoms with Crippen LogP contribution in [0.4, 0.5) is 14.7 Å². The Morgan fingerprint density at radius 3 is 2.71 bits per heavy atom. The SMILES string of the molecule is Cc1nc2ccc(-c3c[nH]c4nc(N[C@H]5CC[C@@H](C(=O)N(C)C)CC5)ncc34)cc2n1CC(F)F. The fourth-order valence-corrected chi connectivity index (χ4v) is 5.03. The molecule has 1 amide bonds. The summed E-state index contributed by atoms with van der Waals surface area (Å²) in [5, 5.41) is 4.27. The molecule has 0 atom stereocenters. The maximum Gasteiger partial charge on any atom is 0.256 e. The second-order valence-electron chi connectivity index (χ2n) is 9.45. The van der Waals surface area contributed by atoms with Gasteiger partial charge in [0.2, 0.25) is 11.9 Å². The van der Waals surface area contributed by atoms with E-state index >= 15 is 0 Å². The number of anilines is 1. The van der Waals surface area contributed by atoms with E-state index in [0.717, 1.165) is 42.2 Å². The molecule has 0 unspecified atom stereocenters. The second-order valence-corrected chi connectivity index (χ2v) is 9.45. The first-order valence-electron chi connectivity index (χ1n) is 11.9. The first-order valence-corrected chi connectivity index (χ1v) is 11.9. The lowest BCUT2D eigenvalue weighted by Crippen LogP contribution is -2.35. The number of aromatic nitrogens is 5. The summed E-state index contributed by atoms with van der Waals surface area (Å²) in [6, 6.07) is 5.91. The Morgan fingerprint density at radius 1 is 1.23 bits per heavy atom. The van der Waals surface area contributed by atoms with Gasteiger partial charge in [-0.15, -0.1) is 0 Å². The number of amides is 1. The molecule has 4 aromatic rings. The van der Waals surface area contributed by atoms with Crippen LogP contribution in [-0.2, 0) is 11.3 Å². The number of aromatic amines is 1. The minimum Gasteiger partial charge on any atom is -0.351 e. The smallest absolute Gasteiger partial charge is 0.256 e. The molecule has 1 aromatic carbocycles. The van der Waals surface area contributed by atoms with Gasteiger partial charge in [0.25, 0.3) is 6.43 Å². The normalized spacial score (nSPS) is 18.5. The average molecular weight is 482 g/mol. The summed E-state index contributed by atoms with van der Waals surface area (Å²) in [4.78, 5) is 30.7. The van der Waals surface area contributed by atoms with Gasteiger partial charge in [-0.1, -0.05) is 6.07 Å². The molecule has 1 saturated carbocycles. The molecule has 0 spiro atoms. The molecule has 0 aliphatic heterocycles. The quantitative estimate of drug-likeness (QED) is 0.420. The van der Waals surface area contributed by atoms with Crippen LogP contribution in [0.2, 0.25) is 0 Å². The molecular weight excluding hydrogens is 452 g/mol. The van der Waals surface area contributed by atoms with E-state index in [4.69, 9.17) is 0 Å². The Bertz CT molecular complexity index is 1370. The second kappa shape index (κ2) is 9.24. The number of imidazole rings is 1. The van der Waals surface area contributed by atoms with Crippen molar-refractivity contribution in [3.8, 4) is 11.1 Å². The predicted octanol–water partition coefficient (Wildman–Crippen LogP) is 4.61. The number of carbonyl (C=O) groups excluding carboxylic acids is 1. The number of benzene rings is 1. The van der Waals surface area contributed by atoms with Crippen molar-refractivity contribution in [2.24, 2.45) is 5.92 Å². The van der Waals surface area contributed by atoms with Gasteiger partial charge in [0.1, 0.15) is 11.5 Å². The number of hydrogen-bond donors (Lipinski definition) is 2. The molecule has 3 aromatic heterocycles. The first-order chi connectivity index (χ1) is 16.8. The van der Waals surface area contributed by atoms with Crippen LogP contribution in [-0.4, -0.2) is 61.9 Å². The highest BCUT2D eigenvalue weighted by molar-refractivity contribution is 5.95. The number of fused-ring (bicyclic) bond motifs is 2. The van der Waals surface area contributed by atoms with Crippen molar-refractivity contribution in [3.63, 3.8) is 0 Å². The Morgan fingerprint density at radius 2 is 2.00 bits per heavy atom. The highest BCUT2D eigenvalue weighted by atomic mass is 19.3. The number of H-pyrrole nitrogens is 1. The fourth-order valence-electron chi connectivity index (χ4n) is 5.03. The number of carbonyl (C=O) groups is 1. The van der Waals surface area contributed by atoms with Crippen molar-refractivity contribution in [1.82, 2.24) is 29.4 Å². The topological polar surface area (TPSA) is 91.7 Å². The molecule has 1 fully saturated rings. The lowest BCUT2D eigenvalue weighted by Gasteiger charge is -2.29. The highest BCUT2D eigenvalue weighted by Gasteiger charge is 2.27. The lowest BCUT2D eigenvalue weighted by atomic mass is 9.85. The van der Waals surface area contributed by atoms with Gasteiger partial charge in [-0.3, -0.25) is 4.79 Å². The van der Waals surface area contributed by atoms with E-state index < -0.39 is 6.43 Å². The number of nitrogens with one attached hydrogen (secondary N) is 2. The lowest BCUT2D eigenvalue weighted by molar-refractivity contribution is -0.133. The maximum absolute atomic E-state index is 13.1. The summed E-state index contributed by atoms with van der Waals surface area (Å²) in [5.74, 6) is 1.41. The molecule has 0 saturated heterocycles. The Hall–Kier alpha value is -3.56. The maximum atomic E-state index is 13.1. The van der Waals surface area contributed by atoms with E-state index in [1.54, 1.807) is 36.7 Å². The molecule has 1 aliphatic rings. The fraction of sp³-hybridized carbons (Fsp3) is 0.440. The Labute approximate surface area is 201 Å². The van der Waals surface area contributed by atoms with E-state index in [9.17, 15) is 13.6 Å². The van der Waals surface area contributed by atoms with Crippen LogP contribution in [0.5, 0.6) is 0 Å². The Kier molecular flexibility index (Phi) is 6.12. The van der Waals surface area contributed by atoms with E-state index in [1.165, 1.54) is 0 Å². The van der Waals surface area contributed by atoms with E-state index in [1.807, 2.05) is 24.4 Å². The summed E-state index contributed by atoms with van der Waals surface area (Å²) in [6.07, 6.45) is 4.69. The monoisotopic (exact) mass is 481 g/mol. The molecule has 8 nitrogen and oxygen atoms in total. The van der Waals surface area contributed by atoms with Gasteiger partial charge in [-0.25, -0.2) is 18.7 Å². The number of hydrogen-bond acceptors (Lipinski definition) is 5. The van der Waals surface area contributed by atoms with Crippen molar-refractivity contribution in [1.29, 1.82) is 0 Å².